The molecule has 6 heteroatoms. The van der Waals surface area contributed by atoms with E-state index in [0.29, 0.717) is 0 Å². The molecule has 0 bridgehead atoms. The van der Waals surface area contributed by atoms with Crippen molar-refractivity contribution in [3.63, 3.8) is 0 Å². The van der Waals surface area contributed by atoms with E-state index in [0.717, 1.165) is 0 Å². The van der Waals surface area contributed by atoms with Crippen LogP contribution in [0.3, 0.4) is 0 Å². The Balaban J connectivity index is 0. The summed E-state index contributed by atoms with van der Waals surface area (Å²) in [6.45, 7) is 0. The molecule has 0 unspecified atom stereocenters. The van der Waals surface area contributed by atoms with E-state index in [4.69, 9.17) is 0 Å². The van der Waals surface area contributed by atoms with Crippen molar-refractivity contribution in [2.75, 3.05) is 0 Å². The third-order valence-corrected chi connectivity index (χ3v) is 0. The van der Waals surface area contributed by atoms with Gasteiger partial charge < -0.3 is 0 Å². The summed E-state index contributed by atoms with van der Waals surface area (Å²) in [6.07, 6.45) is 0. The van der Waals surface area contributed by atoms with Crippen LogP contribution in [0.1, 0.15) is 0 Å². The molecule has 0 aromatic heterocycles. The first kappa shape index (κ1) is 292. The number of hydrogen-bond acceptors (Lipinski definition) is 0. The fourth-order valence-electron chi connectivity index (χ4n) is 0. The Hall–Kier alpha value is 0.909. The fraction of sp³-hybridized carbons (Fsp3) is 0. The molecular weight excluding hydrogens is 105 g/mol. The Labute approximate surface area is 61.0 Å². The molecule has 0 aliphatic heterocycles. The van der Waals surface area contributed by atoms with Gasteiger partial charge in [-0.15, -0.1) is 0 Å². The Kier molecular flexibility index (Phi) is 8380. The van der Waals surface area contributed by atoms with E-state index in [-0.39, 0.29) is 60.6 Å². The van der Waals surface area contributed by atoms with Crippen LogP contribution in [0.5, 0.6) is 0 Å². The smallest absolute Gasteiger partial charge is 0.0626 e. The minimum absolute atomic E-state index is 0. The van der Waals surface area contributed by atoms with E-state index in [2.05, 4.69) is 0 Å². The maximum atomic E-state index is 0. The van der Waals surface area contributed by atoms with E-state index in [1.54, 1.807) is 0 Å². The molecule has 6 heavy (non-hydrogen) atoms. The summed E-state index contributed by atoms with van der Waals surface area (Å²) in [6, 6.07) is 0. The van der Waals surface area contributed by atoms with Crippen LogP contribution in [0.2, 0.25) is 0 Å². The first-order chi connectivity index (χ1) is 0. The maximum absolute atomic E-state index is 0. The van der Waals surface area contributed by atoms with Crippen molar-refractivity contribution in [1.29, 1.82) is 0 Å². The van der Waals surface area contributed by atoms with Crippen molar-refractivity contribution in [1.82, 2.24) is 0 Å². The topological polar surface area (TPSA) is 0 Å². The van der Waals surface area contributed by atoms with Crippen LogP contribution in [-0.4, -0.2) is 42.1 Å². The van der Waals surface area contributed by atoms with E-state index in [9.17, 15) is 0 Å². The van der Waals surface area contributed by atoms with Gasteiger partial charge in [0.05, 0.1) is 0 Å². The summed E-state index contributed by atoms with van der Waals surface area (Å²) in [5.41, 5.74) is 0. The number of rotatable bonds is 0. The van der Waals surface area contributed by atoms with Gasteiger partial charge in [-0.1, -0.05) is 42.1 Å². The second kappa shape index (κ2) is 172. The minimum atomic E-state index is 0. The molecule has 0 aromatic carbocycles. The first-order valence-electron chi connectivity index (χ1n) is 0. The molecule has 0 N–H and O–H groups in total. The molecule has 0 saturated heterocycles. The molecule has 0 nitrogen and oxygen atoms in total. The molecule has 0 heterocycles. The average molecular weight is 125 g/mol. The zero-order chi connectivity index (χ0) is 0. The molecule has 0 aliphatic carbocycles. The normalized spacial score (nSPS) is 0. The summed E-state index contributed by atoms with van der Waals surface area (Å²) in [5, 5.41) is 0. The molecule has 0 aromatic rings. The van der Waals surface area contributed by atoms with Crippen molar-refractivity contribution in [3.05, 3.63) is 0 Å². The van der Waals surface area contributed by atoms with Crippen LogP contribution >= 0.6 is 0 Å². The van der Waals surface area contributed by atoms with Crippen molar-refractivity contribution < 1.29 is 18.6 Å². The third kappa shape index (κ3) is 90.8. The molecule has 0 saturated carbocycles. The van der Waals surface area contributed by atoms with Gasteiger partial charge in [-0.25, -0.2) is 0 Å². The largest absolute Gasteiger partial charge is 5.00 e. The van der Waals surface area contributed by atoms with Crippen molar-refractivity contribution in [2.24, 2.45) is 0 Å². The molecule has 0 amide bonds. The van der Waals surface area contributed by atoms with Gasteiger partial charge >= 0.3 is 18.6 Å². The van der Waals surface area contributed by atoms with Crippen LogP contribution in [0.4, 0.5) is 0 Å². The number of hydrogen-bond donors (Lipinski definition) is 0. The quantitative estimate of drug-likeness (QED) is 0.282. The van der Waals surface area contributed by atoms with Crippen molar-refractivity contribution in [3.8, 4) is 0 Å². The Morgan fingerprint density at radius 3 is 0.333 bits per heavy atom. The summed E-state index contributed by atoms with van der Waals surface area (Å²) < 4.78 is 0. The predicted molar refractivity (Wildman–Crippen MR) is 56.7 cm³/mol. The standard InChI is InChI=1S/5BH4.V/h5*1H4;/q5*-1;+5. The fourth-order valence-corrected chi connectivity index (χ4v) is 0. The molecule has 0 radical (unpaired) electrons. The summed E-state index contributed by atoms with van der Waals surface area (Å²) in [5.74, 6) is 0. The van der Waals surface area contributed by atoms with Crippen LogP contribution in [0.25, 0.3) is 0 Å². The van der Waals surface area contributed by atoms with Gasteiger partial charge in [0.1, 0.15) is 0 Å². The van der Waals surface area contributed by atoms with Gasteiger partial charge in [0.25, 0.3) is 0 Å². The van der Waals surface area contributed by atoms with Crippen LogP contribution in [0, 0.1) is 0 Å². The second-order valence-electron chi connectivity index (χ2n) is 0. The van der Waals surface area contributed by atoms with Gasteiger partial charge in [0, 0.05) is 0 Å². The minimum Gasteiger partial charge on any atom is -0.0626 e. The first-order valence-corrected chi connectivity index (χ1v) is 0. The average Bonchev–Trinajstić information content (AvgIpc) is 0. The van der Waals surface area contributed by atoms with Crippen LogP contribution < -0.4 is 0 Å². The van der Waals surface area contributed by atoms with Gasteiger partial charge in [-0.05, 0) is 0 Å². The van der Waals surface area contributed by atoms with Gasteiger partial charge in [-0.3, -0.25) is 0 Å². The third-order valence-electron chi connectivity index (χ3n) is 0. The van der Waals surface area contributed by atoms with Gasteiger partial charge in [0.2, 0.25) is 0 Å². The SMILES string of the molecule is [BH4-].[BH4-].[BH4-].[BH4-].[BH4-].[V+5]. The molecular formula is H20B5V. The van der Waals surface area contributed by atoms with Gasteiger partial charge in [0.15, 0.2) is 0 Å². The Morgan fingerprint density at radius 2 is 0.333 bits per heavy atom. The van der Waals surface area contributed by atoms with Crippen molar-refractivity contribution >= 4 is 42.1 Å². The molecule has 0 atom stereocenters. The monoisotopic (exact) mass is 126 g/mol. The van der Waals surface area contributed by atoms with E-state index >= 15 is 0 Å². The zero-order valence-electron chi connectivity index (χ0n) is 0.447. The summed E-state index contributed by atoms with van der Waals surface area (Å²) in [4.78, 5) is 0. The molecule has 0 rings (SSSR count). The molecule has 40 valence electrons. The van der Waals surface area contributed by atoms with Crippen molar-refractivity contribution in [2.45, 2.75) is 0 Å². The second-order valence-corrected chi connectivity index (χ2v) is 0. The maximum Gasteiger partial charge on any atom is 5.00 e. The summed E-state index contributed by atoms with van der Waals surface area (Å²) in [7, 11) is 0. The van der Waals surface area contributed by atoms with E-state index < -0.39 is 0 Å². The van der Waals surface area contributed by atoms with Crippen LogP contribution in [-0.2, 0) is 18.6 Å². The molecule has 0 fully saturated rings. The van der Waals surface area contributed by atoms with E-state index in [1.165, 1.54) is 0 Å². The Bertz CT molecular complexity index is 3.90. The molecule has 0 spiro atoms. The van der Waals surface area contributed by atoms with Crippen LogP contribution in [0.15, 0.2) is 0 Å². The predicted octanol–water partition coefficient (Wildman–Crippen LogP) is -7.26. The zero-order valence-corrected chi connectivity index (χ0v) is 1.84. The summed E-state index contributed by atoms with van der Waals surface area (Å²) >= 11 is 0. The Morgan fingerprint density at radius 1 is 0.333 bits per heavy atom. The van der Waals surface area contributed by atoms with Gasteiger partial charge in [-0.2, -0.15) is 0 Å². The molecule has 0 aliphatic rings. The van der Waals surface area contributed by atoms with E-state index in [1.807, 2.05) is 0 Å².